The summed E-state index contributed by atoms with van der Waals surface area (Å²) in [5, 5.41) is 12.6. The number of carbonyl (C=O) groups is 1. The fraction of sp³-hybridized carbons (Fsp3) is 0.929. The van der Waals surface area contributed by atoms with Gasteiger partial charge in [0.2, 0.25) is 0 Å². The van der Waals surface area contributed by atoms with E-state index in [4.69, 9.17) is 0 Å². The minimum Gasteiger partial charge on any atom is -0.480 e. The van der Waals surface area contributed by atoms with Gasteiger partial charge in [-0.15, -0.1) is 0 Å². The highest BCUT2D eigenvalue weighted by molar-refractivity contribution is 5.78. The second-order valence-corrected chi connectivity index (χ2v) is 6.06. The fourth-order valence-corrected chi connectivity index (χ4v) is 2.61. The summed E-state index contributed by atoms with van der Waals surface area (Å²) in [5.74, 6) is 0.0188. The van der Waals surface area contributed by atoms with Crippen LogP contribution in [0.25, 0.3) is 0 Å². The Morgan fingerprint density at radius 3 is 2.44 bits per heavy atom. The quantitative estimate of drug-likeness (QED) is 0.697. The van der Waals surface area contributed by atoms with Crippen LogP contribution in [-0.4, -0.2) is 47.2 Å². The third-order valence-electron chi connectivity index (χ3n) is 3.81. The molecule has 0 spiro atoms. The minimum absolute atomic E-state index is 0.175. The molecular formula is C14H28N2O2. The van der Waals surface area contributed by atoms with Crippen LogP contribution < -0.4 is 5.32 Å². The summed E-state index contributed by atoms with van der Waals surface area (Å²) in [6, 6.07) is 0.175. The third-order valence-corrected chi connectivity index (χ3v) is 3.81. The zero-order chi connectivity index (χ0) is 13.8. The first kappa shape index (κ1) is 15.4. The predicted molar refractivity (Wildman–Crippen MR) is 73.8 cm³/mol. The van der Waals surface area contributed by atoms with Gasteiger partial charge in [-0.05, 0) is 46.1 Å². The van der Waals surface area contributed by atoms with Crippen LogP contribution in [0.5, 0.6) is 0 Å². The van der Waals surface area contributed by atoms with Crippen molar-refractivity contribution in [2.24, 2.45) is 5.92 Å². The second kappa shape index (κ2) is 6.53. The van der Waals surface area contributed by atoms with Gasteiger partial charge >= 0.3 is 5.97 Å². The number of carboxylic acid groups (broad SMARTS) is 1. The van der Waals surface area contributed by atoms with Gasteiger partial charge in [0, 0.05) is 19.1 Å². The van der Waals surface area contributed by atoms with E-state index < -0.39 is 11.5 Å². The Balaban J connectivity index is 2.58. The van der Waals surface area contributed by atoms with Crippen molar-refractivity contribution < 1.29 is 9.90 Å². The van der Waals surface area contributed by atoms with Crippen molar-refractivity contribution in [3.8, 4) is 0 Å². The van der Waals surface area contributed by atoms with E-state index in [1.807, 2.05) is 13.8 Å². The zero-order valence-electron chi connectivity index (χ0n) is 12.2. The first-order valence-corrected chi connectivity index (χ1v) is 7.11. The van der Waals surface area contributed by atoms with Gasteiger partial charge < -0.3 is 10.0 Å². The molecule has 4 nitrogen and oxygen atoms in total. The van der Waals surface area contributed by atoms with Crippen molar-refractivity contribution in [3.63, 3.8) is 0 Å². The maximum atomic E-state index is 11.5. The Bertz CT molecular complexity index is 277. The normalized spacial score (nSPS) is 19.9. The topological polar surface area (TPSA) is 52.6 Å². The van der Waals surface area contributed by atoms with Gasteiger partial charge in [-0.25, -0.2) is 0 Å². The Hall–Kier alpha value is -0.610. The molecule has 1 saturated carbocycles. The monoisotopic (exact) mass is 256 g/mol. The summed E-state index contributed by atoms with van der Waals surface area (Å²) < 4.78 is 0. The van der Waals surface area contributed by atoms with Crippen molar-refractivity contribution in [2.75, 3.05) is 19.6 Å². The number of nitrogens with one attached hydrogen (secondary N) is 1. The number of rotatable bonds is 8. The maximum absolute atomic E-state index is 11.5. The fourth-order valence-electron chi connectivity index (χ4n) is 2.61. The Kier molecular flexibility index (Phi) is 5.60. The molecule has 4 heteroatoms. The lowest BCUT2D eigenvalue weighted by Crippen LogP contribution is -2.59. The van der Waals surface area contributed by atoms with E-state index in [0.717, 1.165) is 19.0 Å². The van der Waals surface area contributed by atoms with E-state index in [0.29, 0.717) is 6.54 Å². The largest absolute Gasteiger partial charge is 0.480 e. The number of carboxylic acids is 1. The standard InChI is InChI=1S/C14H28N2O2/c1-5-16(9-12-7-6-8-12)10-14(4,13(17)18)15-11(2)3/h11-12,15H,5-10H2,1-4H3,(H,17,18). The van der Waals surface area contributed by atoms with Crippen LogP contribution in [0.2, 0.25) is 0 Å². The summed E-state index contributed by atoms with van der Waals surface area (Å²) in [6.07, 6.45) is 3.94. The predicted octanol–water partition coefficient (Wildman–Crippen LogP) is 1.95. The molecule has 1 fully saturated rings. The lowest BCUT2D eigenvalue weighted by Gasteiger charge is -2.37. The molecule has 0 aromatic carbocycles. The Morgan fingerprint density at radius 1 is 1.50 bits per heavy atom. The molecular weight excluding hydrogens is 228 g/mol. The molecule has 1 aliphatic rings. The third kappa shape index (κ3) is 4.25. The van der Waals surface area contributed by atoms with Crippen LogP contribution in [0, 0.1) is 5.92 Å². The molecule has 106 valence electrons. The molecule has 1 rings (SSSR count). The number of hydrogen-bond donors (Lipinski definition) is 2. The van der Waals surface area contributed by atoms with Gasteiger partial charge in [0.15, 0.2) is 0 Å². The highest BCUT2D eigenvalue weighted by Gasteiger charge is 2.36. The van der Waals surface area contributed by atoms with Crippen LogP contribution in [-0.2, 0) is 4.79 Å². The van der Waals surface area contributed by atoms with Crippen molar-refractivity contribution >= 4 is 5.97 Å². The summed E-state index contributed by atoms with van der Waals surface area (Å²) in [7, 11) is 0. The van der Waals surface area contributed by atoms with E-state index in [9.17, 15) is 9.90 Å². The lowest BCUT2D eigenvalue weighted by atomic mass is 9.84. The van der Waals surface area contributed by atoms with Gasteiger partial charge in [0.05, 0.1) is 0 Å². The van der Waals surface area contributed by atoms with Crippen LogP contribution in [0.1, 0.15) is 47.0 Å². The highest BCUT2D eigenvalue weighted by atomic mass is 16.4. The Morgan fingerprint density at radius 2 is 2.11 bits per heavy atom. The molecule has 0 saturated heterocycles. The lowest BCUT2D eigenvalue weighted by molar-refractivity contribution is -0.145. The number of aliphatic carboxylic acids is 1. The summed E-state index contributed by atoms with van der Waals surface area (Å²) in [6.45, 7) is 10.4. The maximum Gasteiger partial charge on any atom is 0.324 e. The smallest absolute Gasteiger partial charge is 0.324 e. The molecule has 18 heavy (non-hydrogen) atoms. The van der Waals surface area contributed by atoms with Crippen molar-refractivity contribution in [2.45, 2.75) is 58.5 Å². The average Bonchev–Trinajstić information content (AvgIpc) is 2.20. The number of hydrogen-bond acceptors (Lipinski definition) is 3. The van der Waals surface area contributed by atoms with Crippen molar-refractivity contribution in [1.29, 1.82) is 0 Å². The number of nitrogens with zero attached hydrogens (tertiary/aromatic N) is 1. The van der Waals surface area contributed by atoms with E-state index in [1.165, 1.54) is 19.3 Å². The Labute approximate surface area is 111 Å². The van der Waals surface area contributed by atoms with Crippen LogP contribution in [0.4, 0.5) is 0 Å². The SMILES string of the molecule is CCN(CC1CCC1)CC(C)(NC(C)C)C(=O)O. The molecule has 2 N–H and O–H groups in total. The molecule has 0 aromatic heterocycles. The molecule has 0 radical (unpaired) electrons. The summed E-state index contributed by atoms with van der Waals surface area (Å²) >= 11 is 0. The van der Waals surface area contributed by atoms with E-state index in [-0.39, 0.29) is 6.04 Å². The van der Waals surface area contributed by atoms with Gasteiger partial charge in [0.25, 0.3) is 0 Å². The molecule has 0 amide bonds. The van der Waals surface area contributed by atoms with Gasteiger partial charge in [0.1, 0.15) is 5.54 Å². The van der Waals surface area contributed by atoms with Crippen molar-refractivity contribution in [1.82, 2.24) is 10.2 Å². The van der Waals surface area contributed by atoms with Crippen LogP contribution in [0.3, 0.4) is 0 Å². The molecule has 0 aromatic rings. The molecule has 1 atom stereocenters. The van der Waals surface area contributed by atoms with Gasteiger partial charge in [-0.2, -0.15) is 0 Å². The molecule has 0 heterocycles. The van der Waals surface area contributed by atoms with Crippen LogP contribution >= 0.6 is 0 Å². The highest BCUT2D eigenvalue weighted by Crippen LogP contribution is 2.27. The molecule has 1 aliphatic carbocycles. The minimum atomic E-state index is -0.853. The van der Waals surface area contributed by atoms with E-state index >= 15 is 0 Å². The second-order valence-electron chi connectivity index (χ2n) is 6.06. The van der Waals surface area contributed by atoms with Crippen LogP contribution in [0.15, 0.2) is 0 Å². The van der Waals surface area contributed by atoms with Gasteiger partial charge in [-0.1, -0.05) is 13.3 Å². The van der Waals surface area contributed by atoms with Gasteiger partial charge in [-0.3, -0.25) is 10.1 Å². The molecule has 1 unspecified atom stereocenters. The molecule has 0 bridgehead atoms. The first-order chi connectivity index (χ1) is 8.37. The first-order valence-electron chi connectivity index (χ1n) is 7.11. The zero-order valence-corrected chi connectivity index (χ0v) is 12.2. The average molecular weight is 256 g/mol. The summed E-state index contributed by atoms with van der Waals surface area (Å²) in [4.78, 5) is 13.8. The van der Waals surface area contributed by atoms with E-state index in [2.05, 4.69) is 17.1 Å². The van der Waals surface area contributed by atoms with E-state index in [1.54, 1.807) is 6.92 Å². The molecule has 0 aliphatic heterocycles. The number of likely N-dealkylation sites (N-methyl/N-ethyl adjacent to an activating group) is 1. The summed E-state index contributed by atoms with van der Waals surface area (Å²) in [5.41, 5.74) is -0.853. The van der Waals surface area contributed by atoms with Crippen molar-refractivity contribution in [3.05, 3.63) is 0 Å².